The predicted molar refractivity (Wildman–Crippen MR) is 119 cm³/mol. The summed E-state index contributed by atoms with van der Waals surface area (Å²) >= 11 is 0. The Bertz CT molecular complexity index is 928. The van der Waals surface area contributed by atoms with Crippen LogP contribution in [0.3, 0.4) is 0 Å². The maximum Gasteiger partial charge on any atom is 0.563 e. The van der Waals surface area contributed by atoms with Gasteiger partial charge in [0.2, 0.25) is 0 Å². The zero-order valence-electron chi connectivity index (χ0n) is 17.9. The van der Waals surface area contributed by atoms with Gasteiger partial charge in [-0.25, -0.2) is 0 Å². The van der Waals surface area contributed by atoms with Crippen LogP contribution in [0, 0.1) is 24.7 Å². The molecule has 150 valence electrons. The van der Waals surface area contributed by atoms with E-state index in [2.05, 4.69) is 57.2 Å². The Kier molecular flexibility index (Phi) is 3.97. The summed E-state index contributed by atoms with van der Waals surface area (Å²) in [4.78, 5) is 0. The van der Waals surface area contributed by atoms with E-state index < -0.39 is 0 Å². The molecule has 0 N–H and O–H groups in total. The molecule has 0 amide bonds. The summed E-state index contributed by atoms with van der Waals surface area (Å²) < 4.78 is 13.0. The van der Waals surface area contributed by atoms with Crippen molar-refractivity contribution in [1.29, 1.82) is 0 Å². The normalized spacial score (nSPS) is 31.6. The summed E-state index contributed by atoms with van der Waals surface area (Å²) in [7, 11) is -0.311. The first kappa shape index (κ1) is 18.1. The van der Waals surface area contributed by atoms with Gasteiger partial charge in [-0.3, -0.25) is 0 Å². The zero-order valence-corrected chi connectivity index (χ0v) is 17.9. The van der Waals surface area contributed by atoms with Gasteiger partial charge >= 0.3 is 7.12 Å². The van der Waals surface area contributed by atoms with Crippen LogP contribution < -0.4 is 10.1 Å². The second-order valence-corrected chi connectivity index (χ2v) is 10.6. The lowest BCUT2D eigenvalue weighted by molar-refractivity contribution is -0.00593. The summed E-state index contributed by atoms with van der Waals surface area (Å²) in [6.45, 7) is 6.44. The highest BCUT2D eigenvalue weighted by atomic mass is 16.6. The van der Waals surface area contributed by atoms with Gasteiger partial charge in [-0.1, -0.05) is 30.3 Å². The second-order valence-electron chi connectivity index (χ2n) is 10.6. The average Bonchev–Trinajstić information content (AvgIpc) is 2.67. The summed E-state index contributed by atoms with van der Waals surface area (Å²) in [5, 5.41) is 0. The minimum atomic E-state index is -0.311. The van der Waals surface area contributed by atoms with Crippen LogP contribution in [-0.2, 0) is 10.1 Å². The van der Waals surface area contributed by atoms with Crippen LogP contribution >= 0.6 is 0 Å². The van der Waals surface area contributed by atoms with Crippen molar-refractivity contribution in [3.8, 4) is 16.9 Å². The highest BCUT2D eigenvalue weighted by Gasteiger charge is 2.53. The number of hydrogen-bond acceptors (Lipinski definition) is 2. The van der Waals surface area contributed by atoms with E-state index in [4.69, 9.17) is 9.31 Å². The molecular weight excluding hydrogens is 355 g/mol. The molecule has 1 aliphatic heterocycles. The molecule has 0 atom stereocenters. The molecule has 0 aromatic heterocycles. The first-order valence-corrected chi connectivity index (χ1v) is 11.6. The highest BCUT2D eigenvalue weighted by molar-refractivity contribution is 6.64. The van der Waals surface area contributed by atoms with Gasteiger partial charge in [0.25, 0.3) is 0 Å². The summed E-state index contributed by atoms with van der Waals surface area (Å²) in [6, 6.07) is 13.4. The summed E-state index contributed by atoms with van der Waals surface area (Å²) in [5.74, 6) is 3.89. The van der Waals surface area contributed by atoms with Crippen molar-refractivity contribution >= 4 is 12.6 Å². The van der Waals surface area contributed by atoms with E-state index in [0.717, 1.165) is 29.0 Å². The summed E-state index contributed by atoms with van der Waals surface area (Å²) in [5.41, 5.74) is 6.88. The standard InChI is InChI=1S/C26H31BO2/c1-16(2)28-27-24-7-5-4-6-21(24)22-8-17(3)9-23(25(22)29-27)26-13-18-10-19(14-26)12-20(11-18)15-26/h4-9,16,18-20H,10-15H2,1-3H3. The molecule has 4 fully saturated rings. The van der Waals surface area contributed by atoms with Crippen LogP contribution in [0.1, 0.15) is 63.5 Å². The number of fused-ring (bicyclic) bond motifs is 3. The van der Waals surface area contributed by atoms with Gasteiger partial charge < -0.3 is 9.31 Å². The van der Waals surface area contributed by atoms with Crippen molar-refractivity contribution in [3.63, 3.8) is 0 Å². The lowest BCUT2D eigenvalue weighted by Gasteiger charge is -2.57. The Morgan fingerprint density at radius 3 is 2.28 bits per heavy atom. The molecule has 3 heteroatoms. The quantitative estimate of drug-likeness (QED) is 0.636. The number of hydrogen-bond donors (Lipinski definition) is 0. The fourth-order valence-corrected chi connectivity index (χ4v) is 7.40. The Morgan fingerprint density at radius 1 is 0.966 bits per heavy atom. The Labute approximate surface area is 175 Å². The van der Waals surface area contributed by atoms with Crippen molar-refractivity contribution in [2.24, 2.45) is 17.8 Å². The van der Waals surface area contributed by atoms with Crippen molar-refractivity contribution in [2.45, 2.75) is 70.8 Å². The Balaban J connectivity index is 1.53. The smallest absolute Gasteiger partial charge is 0.532 e. The molecule has 4 aliphatic carbocycles. The molecule has 0 unspecified atom stereocenters. The molecule has 4 saturated carbocycles. The maximum atomic E-state index is 6.72. The van der Waals surface area contributed by atoms with E-state index in [1.807, 2.05) is 0 Å². The number of aryl methyl sites for hydroxylation is 1. The minimum absolute atomic E-state index is 0.128. The summed E-state index contributed by atoms with van der Waals surface area (Å²) in [6.07, 6.45) is 8.60. The topological polar surface area (TPSA) is 18.5 Å². The first-order chi connectivity index (χ1) is 14.0. The van der Waals surface area contributed by atoms with Crippen LogP contribution in [-0.4, -0.2) is 13.2 Å². The third kappa shape index (κ3) is 2.80. The minimum Gasteiger partial charge on any atom is -0.532 e. The van der Waals surface area contributed by atoms with Gasteiger partial charge in [0.05, 0.1) is 0 Å². The molecular formula is C26H31BO2. The third-order valence-electron chi connectivity index (χ3n) is 7.97. The third-order valence-corrected chi connectivity index (χ3v) is 7.97. The molecule has 0 radical (unpaired) electrons. The van der Waals surface area contributed by atoms with Gasteiger partial charge in [0, 0.05) is 17.1 Å². The molecule has 5 aliphatic rings. The second kappa shape index (κ2) is 6.38. The lowest BCUT2D eigenvalue weighted by atomic mass is 9.47. The zero-order chi connectivity index (χ0) is 19.8. The van der Waals surface area contributed by atoms with Crippen molar-refractivity contribution < 1.29 is 9.31 Å². The van der Waals surface area contributed by atoms with Gasteiger partial charge in [-0.05, 0) is 105 Å². The molecule has 2 aromatic rings. The van der Waals surface area contributed by atoms with E-state index in [9.17, 15) is 0 Å². The van der Waals surface area contributed by atoms with Gasteiger partial charge in [-0.15, -0.1) is 0 Å². The lowest BCUT2D eigenvalue weighted by Crippen LogP contribution is -2.50. The first-order valence-electron chi connectivity index (χ1n) is 11.6. The van der Waals surface area contributed by atoms with Gasteiger partial charge in [0.1, 0.15) is 5.75 Å². The van der Waals surface area contributed by atoms with Crippen LogP contribution in [0.2, 0.25) is 0 Å². The SMILES string of the molecule is Cc1cc2c(c(C34CC5CC(CC(C5)C3)C4)c1)OB(OC(C)C)c1ccccc1-2. The molecule has 2 aromatic carbocycles. The van der Waals surface area contributed by atoms with Crippen LogP contribution in [0.5, 0.6) is 5.75 Å². The van der Waals surface area contributed by atoms with Crippen LogP contribution in [0.15, 0.2) is 36.4 Å². The van der Waals surface area contributed by atoms with Crippen molar-refractivity contribution in [2.75, 3.05) is 0 Å². The van der Waals surface area contributed by atoms with Gasteiger partial charge in [-0.2, -0.15) is 0 Å². The predicted octanol–water partition coefficient (Wildman–Crippen LogP) is 5.64. The Hall–Kier alpha value is -1.74. The van der Waals surface area contributed by atoms with Crippen molar-refractivity contribution in [1.82, 2.24) is 0 Å². The molecule has 7 rings (SSSR count). The molecule has 4 bridgehead atoms. The van der Waals surface area contributed by atoms with E-state index in [1.165, 1.54) is 60.8 Å². The molecule has 0 saturated heterocycles. The molecule has 0 spiro atoms. The van der Waals surface area contributed by atoms with E-state index in [-0.39, 0.29) is 13.2 Å². The highest BCUT2D eigenvalue weighted by Crippen LogP contribution is 2.62. The fraction of sp³-hybridized carbons (Fsp3) is 0.538. The van der Waals surface area contributed by atoms with Crippen LogP contribution in [0.25, 0.3) is 11.1 Å². The monoisotopic (exact) mass is 386 g/mol. The van der Waals surface area contributed by atoms with Gasteiger partial charge in [0.15, 0.2) is 0 Å². The average molecular weight is 386 g/mol. The largest absolute Gasteiger partial charge is 0.563 e. The number of rotatable bonds is 3. The number of benzene rings is 2. The van der Waals surface area contributed by atoms with Crippen LogP contribution in [0.4, 0.5) is 0 Å². The van der Waals surface area contributed by atoms with E-state index in [0.29, 0.717) is 5.41 Å². The maximum absolute atomic E-state index is 6.72. The molecule has 2 nitrogen and oxygen atoms in total. The molecule has 1 heterocycles. The Morgan fingerprint density at radius 2 is 1.62 bits per heavy atom. The fourth-order valence-electron chi connectivity index (χ4n) is 7.40. The van der Waals surface area contributed by atoms with Crippen molar-refractivity contribution in [3.05, 3.63) is 47.5 Å². The van der Waals surface area contributed by atoms with E-state index in [1.54, 1.807) is 0 Å². The van der Waals surface area contributed by atoms with E-state index >= 15 is 0 Å². The molecule has 29 heavy (non-hydrogen) atoms.